The van der Waals surface area contributed by atoms with Crippen LogP contribution >= 0.6 is 11.8 Å². The predicted molar refractivity (Wildman–Crippen MR) is 81.9 cm³/mol. The summed E-state index contributed by atoms with van der Waals surface area (Å²) in [7, 11) is 0. The van der Waals surface area contributed by atoms with Gasteiger partial charge in [0, 0.05) is 12.1 Å². The van der Waals surface area contributed by atoms with Gasteiger partial charge >= 0.3 is 0 Å². The number of rotatable bonds is 5. The Morgan fingerprint density at radius 1 is 1.43 bits per heavy atom. The van der Waals surface area contributed by atoms with Crippen LogP contribution in [0, 0.1) is 11.6 Å². The number of nitrogens with zero attached hydrogens (tertiary/aromatic N) is 1. The average molecular weight is 337 g/mol. The Bertz CT molecular complexity index is 794. The fourth-order valence-corrected chi connectivity index (χ4v) is 2.83. The van der Waals surface area contributed by atoms with Crippen molar-refractivity contribution in [3.63, 3.8) is 0 Å². The number of aromatic amines is 1. The lowest BCUT2D eigenvalue weighted by atomic mass is 10.3. The highest BCUT2D eigenvalue weighted by Crippen LogP contribution is 2.24. The van der Waals surface area contributed by atoms with E-state index in [4.69, 9.17) is 4.42 Å². The number of halogens is 2. The Morgan fingerprint density at radius 3 is 2.96 bits per heavy atom. The second kappa shape index (κ2) is 6.41. The topological polar surface area (TPSA) is 70.9 Å². The number of hydrogen-bond acceptors (Lipinski definition) is 4. The SMILES string of the molecule is C[C@H](Sc1nc2cc(F)c(F)cc2[nH]1)C(=O)NCc1ccco1. The summed E-state index contributed by atoms with van der Waals surface area (Å²) in [6.07, 6.45) is 1.53. The summed E-state index contributed by atoms with van der Waals surface area (Å²) in [5.74, 6) is -1.43. The number of fused-ring (bicyclic) bond motifs is 1. The quantitative estimate of drug-likeness (QED) is 0.701. The maximum atomic E-state index is 13.2. The molecule has 0 aliphatic rings. The van der Waals surface area contributed by atoms with E-state index in [-0.39, 0.29) is 5.91 Å². The molecule has 0 aliphatic carbocycles. The number of carbonyl (C=O) groups excluding carboxylic acids is 1. The molecule has 8 heteroatoms. The molecule has 3 aromatic rings. The molecule has 3 rings (SSSR count). The molecule has 0 bridgehead atoms. The molecule has 0 spiro atoms. The molecular formula is C15H13F2N3O2S. The first kappa shape index (κ1) is 15.5. The molecule has 0 saturated heterocycles. The van der Waals surface area contributed by atoms with Gasteiger partial charge in [0.05, 0.1) is 29.1 Å². The average Bonchev–Trinajstić information content (AvgIpc) is 3.14. The lowest BCUT2D eigenvalue weighted by Gasteiger charge is -2.09. The van der Waals surface area contributed by atoms with Crippen molar-refractivity contribution in [3.05, 3.63) is 47.9 Å². The van der Waals surface area contributed by atoms with Gasteiger partial charge in [0.2, 0.25) is 5.91 Å². The molecule has 120 valence electrons. The van der Waals surface area contributed by atoms with E-state index in [2.05, 4.69) is 15.3 Å². The molecule has 2 heterocycles. The van der Waals surface area contributed by atoms with Crippen LogP contribution in [-0.2, 0) is 11.3 Å². The molecule has 0 unspecified atom stereocenters. The number of amides is 1. The third-order valence-corrected chi connectivity index (χ3v) is 4.16. The number of thioether (sulfide) groups is 1. The van der Waals surface area contributed by atoms with E-state index < -0.39 is 16.9 Å². The van der Waals surface area contributed by atoms with Gasteiger partial charge in [-0.25, -0.2) is 13.8 Å². The molecule has 5 nitrogen and oxygen atoms in total. The molecule has 1 amide bonds. The first-order chi connectivity index (χ1) is 11.0. The number of imidazole rings is 1. The van der Waals surface area contributed by atoms with Gasteiger partial charge in [-0.3, -0.25) is 4.79 Å². The number of benzene rings is 1. The molecular weight excluding hydrogens is 324 g/mol. The zero-order valence-electron chi connectivity index (χ0n) is 12.1. The van der Waals surface area contributed by atoms with Crippen LogP contribution in [0.2, 0.25) is 0 Å². The first-order valence-corrected chi connectivity index (χ1v) is 7.72. The zero-order chi connectivity index (χ0) is 16.4. The normalized spacial score (nSPS) is 12.5. The van der Waals surface area contributed by atoms with Crippen LogP contribution < -0.4 is 5.32 Å². The van der Waals surface area contributed by atoms with E-state index in [1.165, 1.54) is 18.0 Å². The molecule has 2 N–H and O–H groups in total. The van der Waals surface area contributed by atoms with Gasteiger partial charge in [-0.2, -0.15) is 0 Å². The van der Waals surface area contributed by atoms with Gasteiger partial charge in [0.15, 0.2) is 16.8 Å². The Morgan fingerprint density at radius 2 is 2.22 bits per heavy atom. The highest BCUT2D eigenvalue weighted by atomic mass is 32.2. The Hall–Kier alpha value is -2.35. The van der Waals surface area contributed by atoms with E-state index in [1.807, 2.05) is 0 Å². The molecule has 23 heavy (non-hydrogen) atoms. The van der Waals surface area contributed by atoms with E-state index in [9.17, 15) is 13.6 Å². The van der Waals surface area contributed by atoms with Gasteiger partial charge in [-0.1, -0.05) is 11.8 Å². The zero-order valence-corrected chi connectivity index (χ0v) is 12.9. The van der Waals surface area contributed by atoms with Crippen molar-refractivity contribution in [2.75, 3.05) is 0 Å². The lowest BCUT2D eigenvalue weighted by Crippen LogP contribution is -2.30. The van der Waals surface area contributed by atoms with Gasteiger partial charge in [-0.15, -0.1) is 0 Å². The van der Waals surface area contributed by atoms with Crippen LogP contribution in [0.25, 0.3) is 11.0 Å². The minimum Gasteiger partial charge on any atom is -0.467 e. The van der Waals surface area contributed by atoms with Crippen LogP contribution in [0.15, 0.2) is 40.1 Å². The monoisotopic (exact) mass is 337 g/mol. The largest absolute Gasteiger partial charge is 0.467 e. The maximum absolute atomic E-state index is 13.2. The van der Waals surface area contributed by atoms with Crippen molar-refractivity contribution in [2.24, 2.45) is 0 Å². The fraction of sp³-hybridized carbons (Fsp3) is 0.200. The Balaban J connectivity index is 1.64. The van der Waals surface area contributed by atoms with Crippen molar-refractivity contribution >= 4 is 28.7 Å². The van der Waals surface area contributed by atoms with Crippen LogP contribution in [0.4, 0.5) is 8.78 Å². The van der Waals surface area contributed by atoms with E-state index in [0.717, 1.165) is 12.1 Å². The highest BCUT2D eigenvalue weighted by molar-refractivity contribution is 8.00. The number of carbonyl (C=O) groups is 1. The van der Waals surface area contributed by atoms with E-state index in [0.29, 0.717) is 28.5 Å². The molecule has 0 fully saturated rings. The molecule has 0 radical (unpaired) electrons. The van der Waals surface area contributed by atoms with Crippen molar-refractivity contribution < 1.29 is 18.0 Å². The number of furan rings is 1. The first-order valence-electron chi connectivity index (χ1n) is 6.84. The smallest absolute Gasteiger partial charge is 0.233 e. The van der Waals surface area contributed by atoms with Crippen molar-refractivity contribution in [3.8, 4) is 0 Å². The van der Waals surface area contributed by atoms with Gasteiger partial charge in [-0.05, 0) is 19.1 Å². The minimum absolute atomic E-state index is 0.191. The summed E-state index contributed by atoms with van der Waals surface area (Å²) < 4.78 is 31.5. The van der Waals surface area contributed by atoms with Crippen molar-refractivity contribution in [1.82, 2.24) is 15.3 Å². The standard InChI is InChI=1S/C15H13F2N3O2S/c1-8(14(21)18-7-9-3-2-4-22-9)23-15-19-12-5-10(16)11(17)6-13(12)20-15/h2-6,8H,7H2,1H3,(H,18,21)(H,19,20)/t8-/m0/s1. The molecule has 2 aromatic heterocycles. The summed E-state index contributed by atoms with van der Waals surface area (Å²) in [6.45, 7) is 2.02. The highest BCUT2D eigenvalue weighted by Gasteiger charge is 2.17. The number of H-pyrrole nitrogens is 1. The van der Waals surface area contributed by atoms with Gasteiger partial charge < -0.3 is 14.7 Å². The summed E-state index contributed by atoms with van der Waals surface area (Å²) in [4.78, 5) is 19.0. The van der Waals surface area contributed by atoms with Gasteiger partial charge in [0.1, 0.15) is 5.76 Å². The maximum Gasteiger partial charge on any atom is 0.233 e. The molecule has 1 atom stereocenters. The summed E-state index contributed by atoms with van der Waals surface area (Å²) in [5.41, 5.74) is 0.698. The second-order valence-electron chi connectivity index (χ2n) is 4.88. The van der Waals surface area contributed by atoms with Crippen LogP contribution in [0.5, 0.6) is 0 Å². The lowest BCUT2D eigenvalue weighted by molar-refractivity contribution is -0.120. The fourth-order valence-electron chi connectivity index (χ4n) is 1.99. The third kappa shape index (κ3) is 3.53. The molecule has 0 aliphatic heterocycles. The minimum atomic E-state index is -0.954. The van der Waals surface area contributed by atoms with E-state index >= 15 is 0 Å². The van der Waals surface area contributed by atoms with E-state index in [1.54, 1.807) is 19.1 Å². The number of aromatic nitrogens is 2. The third-order valence-electron chi connectivity index (χ3n) is 3.18. The molecule has 1 aromatic carbocycles. The second-order valence-corrected chi connectivity index (χ2v) is 6.21. The summed E-state index contributed by atoms with van der Waals surface area (Å²) >= 11 is 1.17. The van der Waals surface area contributed by atoms with Crippen molar-refractivity contribution in [1.29, 1.82) is 0 Å². The summed E-state index contributed by atoms with van der Waals surface area (Å²) in [6, 6.07) is 5.57. The van der Waals surface area contributed by atoms with Gasteiger partial charge in [0.25, 0.3) is 0 Å². The van der Waals surface area contributed by atoms with Crippen LogP contribution in [0.1, 0.15) is 12.7 Å². The van der Waals surface area contributed by atoms with Crippen LogP contribution in [0.3, 0.4) is 0 Å². The Kier molecular flexibility index (Phi) is 4.33. The van der Waals surface area contributed by atoms with Crippen LogP contribution in [-0.4, -0.2) is 21.1 Å². The predicted octanol–water partition coefficient (Wildman–Crippen LogP) is 3.23. The Labute approximate surface area is 134 Å². The number of nitrogens with one attached hydrogen (secondary N) is 2. The summed E-state index contributed by atoms with van der Waals surface area (Å²) in [5, 5.41) is 2.73. The number of hydrogen-bond donors (Lipinski definition) is 2. The molecule has 0 saturated carbocycles. The van der Waals surface area contributed by atoms with Crippen molar-refractivity contribution in [2.45, 2.75) is 23.9 Å².